The van der Waals surface area contributed by atoms with Crippen molar-refractivity contribution >= 4 is 17.9 Å². The van der Waals surface area contributed by atoms with Crippen molar-refractivity contribution in [1.82, 2.24) is 0 Å². The Labute approximate surface area is 511 Å². The van der Waals surface area contributed by atoms with Crippen LogP contribution in [0.5, 0.6) is 0 Å². The molecule has 0 amide bonds. The first kappa shape index (κ1) is 78.0. The Bertz CT molecular complexity index is 1840. The van der Waals surface area contributed by atoms with Gasteiger partial charge in [0.05, 0.1) is 0 Å². The van der Waals surface area contributed by atoms with E-state index in [0.717, 1.165) is 180 Å². The van der Waals surface area contributed by atoms with Gasteiger partial charge in [0.1, 0.15) is 13.2 Å². The molecule has 6 nitrogen and oxygen atoms in total. The quantitative estimate of drug-likeness (QED) is 0.0261. The van der Waals surface area contributed by atoms with Gasteiger partial charge in [-0.1, -0.05) is 281 Å². The van der Waals surface area contributed by atoms with Crippen molar-refractivity contribution in [2.75, 3.05) is 13.2 Å². The highest BCUT2D eigenvalue weighted by Gasteiger charge is 2.19. The van der Waals surface area contributed by atoms with Crippen molar-refractivity contribution in [2.45, 2.75) is 297 Å². The summed E-state index contributed by atoms with van der Waals surface area (Å²) in [7, 11) is 0. The third-order valence-corrected chi connectivity index (χ3v) is 14.0. The molecule has 0 aromatic carbocycles. The van der Waals surface area contributed by atoms with Crippen molar-refractivity contribution in [1.29, 1.82) is 0 Å². The lowest BCUT2D eigenvalue weighted by atomic mass is 10.1. The highest BCUT2D eigenvalue weighted by molar-refractivity contribution is 5.71. The minimum Gasteiger partial charge on any atom is -0.462 e. The third-order valence-electron chi connectivity index (χ3n) is 14.0. The molecule has 0 aromatic heterocycles. The molecule has 0 aromatic rings. The fourth-order valence-electron chi connectivity index (χ4n) is 8.91. The molecule has 0 bridgehead atoms. The zero-order valence-corrected chi connectivity index (χ0v) is 53.7. The molecular formula is C77H124O6. The van der Waals surface area contributed by atoms with Crippen LogP contribution in [0.25, 0.3) is 0 Å². The molecular weight excluding hydrogens is 1020 g/mol. The molecule has 1 unspecified atom stereocenters. The maximum Gasteiger partial charge on any atom is 0.306 e. The van der Waals surface area contributed by atoms with E-state index in [1.807, 2.05) is 0 Å². The molecule has 0 aliphatic heterocycles. The number of rotatable bonds is 60. The van der Waals surface area contributed by atoms with Gasteiger partial charge in [-0.05, 0) is 148 Å². The van der Waals surface area contributed by atoms with Crippen LogP contribution in [0.1, 0.15) is 290 Å². The summed E-state index contributed by atoms with van der Waals surface area (Å²) in [5, 5.41) is 0. The van der Waals surface area contributed by atoms with Gasteiger partial charge in [0, 0.05) is 19.3 Å². The van der Waals surface area contributed by atoms with Gasteiger partial charge in [-0.15, -0.1) is 0 Å². The van der Waals surface area contributed by atoms with Crippen LogP contribution in [0.2, 0.25) is 0 Å². The zero-order valence-electron chi connectivity index (χ0n) is 53.7. The molecule has 0 N–H and O–H groups in total. The topological polar surface area (TPSA) is 78.9 Å². The SMILES string of the molecule is CC/C=C\C/C=C\C/C=C\C/C=C\C/C=C\C/C=C\C/C=C\C/C=C\CCCCCCCCC(=O)OCC(COC(=O)CCCCCCC/C=C\C/C=C\CCC)OC(=O)CCCCCCCC/C=C\C/C=C\C/C=C\CCCCCCC. The minimum atomic E-state index is -0.806. The molecule has 1 atom stereocenters. The lowest BCUT2D eigenvalue weighted by Crippen LogP contribution is -2.30. The van der Waals surface area contributed by atoms with Crippen molar-refractivity contribution in [2.24, 2.45) is 0 Å². The molecule has 0 aliphatic carbocycles. The molecule has 0 radical (unpaired) electrons. The van der Waals surface area contributed by atoms with Crippen LogP contribution in [0.15, 0.2) is 158 Å². The Morgan fingerprint density at radius 2 is 0.494 bits per heavy atom. The highest BCUT2D eigenvalue weighted by atomic mass is 16.6. The second-order valence-electron chi connectivity index (χ2n) is 22.0. The summed E-state index contributed by atoms with van der Waals surface area (Å²) < 4.78 is 16.9. The van der Waals surface area contributed by atoms with Crippen LogP contribution < -0.4 is 0 Å². The van der Waals surface area contributed by atoms with Gasteiger partial charge < -0.3 is 14.2 Å². The van der Waals surface area contributed by atoms with Crippen LogP contribution in [0.3, 0.4) is 0 Å². The number of hydrogen-bond acceptors (Lipinski definition) is 6. The molecule has 0 fully saturated rings. The predicted octanol–water partition coefficient (Wildman–Crippen LogP) is 23.7. The fraction of sp³-hybridized carbons (Fsp3) is 0.623. The molecule has 0 rings (SSSR count). The Hall–Kier alpha value is -4.97. The second kappa shape index (κ2) is 69.5. The highest BCUT2D eigenvalue weighted by Crippen LogP contribution is 2.14. The largest absolute Gasteiger partial charge is 0.462 e. The maximum absolute atomic E-state index is 12.9. The summed E-state index contributed by atoms with van der Waals surface area (Å²) in [5.74, 6) is -0.942. The molecule has 0 saturated heterocycles. The Morgan fingerprint density at radius 1 is 0.253 bits per heavy atom. The van der Waals surface area contributed by atoms with Crippen molar-refractivity contribution in [3.8, 4) is 0 Å². The average Bonchev–Trinajstić information content (AvgIpc) is 3.49. The number of carbonyl (C=O) groups excluding carboxylic acids is 3. The van der Waals surface area contributed by atoms with Gasteiger partial charge >= 0.3 is 17.9 Å². The lowest BCUT2D eigenvalue weighted by molar-refractivity contribution is -0.167. The number of ether oxygens (including phenoxy) is 3. The third kappa shape index (κ3) is 67.7. The molecule has 0 aliphatic rings. The summed E-state index contributed by atoms with van der Waals surface area (Å²) in [4.78, 5) is 38.4. The number of carbonyl (C=O) groups is 3. The predicted molar refractivity (Wildman–Crippen MR) is 362 cm³/mol. The van der Waals surface area contributed by atoms with E-state index < -0.39 is 6.10 Å². The van der Waals surface area contributed by atoms with Crippen molar-refractivity contribution < 1.29 is 28.6 Å². The van der Waals surface area contributed by atoms with Crippen LogP contribution >= 0.6 is 0 Å². The first-order chi connectivity index (χ1) is 41.0. The average molecular weight is 1150 g/mol. The first-order valence-corrected chi connectivity index (χ1v) is 34.0. The van der Waals surface area contributed by atoms with E-state index in [9.17, 15) is 14.4 Å². The van der Waals surface area contributed by atoms with Gasteiger partial charge in [0.15, 0.2) is 6.10 Å². The standard InChI is InChI=1S/C77H124O6/c1-4-7-10-13-16-19-22-25-27-29-31-33-34-35-36-37-38-39-40-41-42-44-45-47-49-52-55-58-61-64-67-70-76(79)82-73-74(72-81-75(78)69-66-63-60-57-54-51-24-21-18-15-12-9-6-3)83-77(80)71-68-65-62-59-56-53-50-48-46-43-32-30-28-26-23-20-17-14-11-8-5-2/h7,10,12,15-16,19,21,23-27,30-33,35-36,38-39,41-42,45-48,74H,4-6,8-9,11,13-14,17-18,20,22,28-29,34,37,40,43-44,49-73H2,1-3H3/b10-7-,15-12-,19-16-,24-21-,26-23-,27-25-,32-30-,33-31-,36-35-,39-38-,42-41-,47-45-,48-46-. The van der Waals surface area contributed by atoms with Crippen molar-refractivity contribution in [3.05, 3.63) is 158 Å². The van der Waals surface area contributed by atoms with Crippen LogP contribution in [0, 0.1) is 0 Å². The van der Waals surface area contributed by atoms with E-state index in [2.05, 4.69) is 179 Å². The molecule has 83 heavy (non-hydrogen) atoms. The van der Waals surface area contributed by atoms with Gasteiger partial charge in [0.2, 0.25) is 0 Å². The van der Waals surface area contributed by atoms with Crippen molar-refractivity contribution in [3.63, 3.8) is 0 Å². The smallest absolute Gasteiger partial charge is 0.306 e. The molecule has 0 spiro atoms. The number of allylic oxidation sites excluding steroid dienone is 26. The summed E-state index contributed by atoms with van der Waals surface area (Å²) >= 11 is 0. The Kier molecular flexibility index (Phi) is 65.4. The zero-order chi connectivity index (χ0) is 59.9. The van der Waals surface area contributed by atoms with E-state index in [4.69, 9.17) is 14.2 Å². The van der Waals surface area contributed by atoms with Crippen LogP contribution in [-0.4, -0.2) is 37.2 Å². The Morgan fingerprint density at radius 3 is 0.783 bits per heavy atom. The Balaban J connectivity index is 4.39. The normalized spacial score (nSPS) is 13.1. The number of hydrogen-bond donors (Lipinski definition) is 0. The minimum absolute atomic E-state index is 0.101. The van der Waals surface area contributed by atoms with Gasteiger partial charge in [0.25, 0.3) is 0 Å². The number of unbranched alkanes of at least 4 members (excludes halogenated alkanes) is 23. The lowest BCUT2D eigenvalue weighted by Gasteiger charge is -2.18. The molecule has 0 saturated carbocycles. The summed E-state index contributed by atoms with van der Waals surface area (Å²) in [5.41, 5.74) is 0. The van der Waals surface area contributed by atoms with Gasteiger partial charge in [-0.2, -0.15) is 0 Å². The summed E-state index contributed by atoms with van der Waals surface area (Å²) in [6, 6.07) is 0. The number of esters is 3. The fourth-order valence-corrected chi connectivity index (χ4v) is 8.91. The van der Waals surface area contributed by atoms with Gasteiger partial charge in [-0.25, -0.2) is 0 Å². The van der Waals surface area contributed by atoms with Crippen LogP contribution in [0.4, 0.5) is 0 Å². The van der Waals surface area contributed by atoms with E-state index in [1.54, 1.807) is 0 Å². The molecule has 6 heteroatoms. The van der Waals surface area contributed by atoms with E-state index in [1.165, 1.54) is 70.6 Å². The summed E-state index contributed by atoms with van der Waals surface area (Å²) in [6.07, 6.45) is 101. The van der Waals surface area contributed by atoms with E-state index >= 15 is 0 Å². The second-order valence-corrected chi connectivity index (χ2v) is 22.0. The first-order valence-electron chi connectivity index (χ1n) is 34.0. The summed E-state index contributed by atoms with van der Waals surface area (Å²) in [6.45, 7) is 6.42. The van der Waals surface area contributed by atoms with Crippen LogP contribution in [-0.2, 0) is 28.6 Å². The maximum atomic E-state index is 12.9. The van der Waals surface area contributed by atoms with E-state index in [-0.39, 0.29) is 31.1 Å². The monoisotopic (exact) mass is 1140 g/mol. The molecule has 468 valence electrons. The van der Waals surface area contributed by atoms with Gasteiger partial charge in [-0.3, -0.25) is 14.4 Å². The van der Waals surface area contributed by atoms with E-state index in [0.29, 0.717) is 19.3 Å². The molecule has 0 heterocycles.